The number of nitrogens with one attached hydrogen (secondary N) is 1. The second-order valence-electron chi connectivity index (χ2n) is 14.1. The van der Waals surface area contributed by atoms with E-state index in [1.165, 1.54) is 4.90 Å². The van der Waals surface area contributed by atoms with Crippen molar-refractivity contribution < 1.29 is 18.2 Å². The monoisotopic (exact) mass is 732 g/mol. The number of fused-ring (bicyclic) bond motifs is 2. The van der Waals surface area contributed by atoms with Gasteiger partial charge in [0.05, 0.1) is 16.7 Å². The predicted octanol–water partition coefficient (Wildman–Crippen LogP) is 5.21. The van der Waals surface area contributed by atoms with Crippen LogP contribution in [-0.2, 0) is 23.2 Å². The summed E-state index contributed by atoms with van der Waals surface area (Å²) in [7, 11) is -1.06. The standard InChI is InChI=1S/C39H39BF2N8O4/c1-20-17-28-30(18-21(20)2)47(7)36-34(45-28)38(53)49(39(54)46-36)19-31(51)48-14-8-9-29(48)37(52)44-27-12-10-26(11-13-27)32(33-22(3)15-24(5)43-33)35-23(4)16-25(6)50(35)40(41)42/h10-13,15-18,29H,8-9,14,19H2,1-7H3,(H,44,52)/b33-32-/t29-/m0/s1. The Morgan fingerprint density at radius 1 is 0.944 bits per heavy atom. The maximum absolute atomic E-state index is 14.4. The van der Waals surface area contributed by atoms with Crippen LogP contribution in [0.15, 0.2) is 74.4 Å². The van der Waals surface area contributed by atoms with Crippen LogP contribution >= 0.6 is 0 Å². The molecule has 3 aromatic rings. The molecule has 0 saturated carbocycles. The van der Waals surface area contributed by atoms with Gasteiger partial charge in [-0.2, -0.15) is 4.98 Å². The molecular weight excluding hydrogens is 693 g/mol. The summed E-state index contributed by atoms with van der Waals surface area (Å²) in [6.07, 6.45) is 2.84. The lowest BCUT2D eigenvalue weighted by molar-refractivity contribution is -0.137. The van der Waals surface area contributed by atoms with Gasteiger partial charge in [-0.15, -0.1) is 0 Å². The average molecular weight is 733 g/mol. The zero-order valence-corrected chi connectivity index (χ0v) is 31.1. The summed E-state index contributed by atoms with van der Waals surface area (Å²) in [4.78, 5) is 68.7. The van der Waals surface area contributed by atoms with Crippen molar-refractivity contribution >= 4 is 47.2 Å². The molecular formula is C39H39BF2N8O4. The van der Waals surface area contributed by atoms with Gasteiger partial charge < -0.3 is 19.3 Å². The van der Waals surface area contributed by atoms with Gasteiger partial charge in [0.1, 0.15) is 12.6 Å². The lowest BCUT2D eigenvalue weighted by Crippen LogP contribution is -2.48. The summed E-state index contributed by atoms with van der Waals surface area (Å²) < 4.78 is 32.2. The molecule has 0 bridgehead atoms. The fourth-order valence-electron chi connectivity index (χ4n) is 7.58. The first-order valence-corrected chi connectivity index (χ1v) is 17.7. The molecule has 15 heteroatoms. The van der Waals surface area contributed by atoms with Gasteiger partial charge in [0.15, 0.2) is 11.5 Å². The normalized spacial score (nSPS) is 16.6. The number of carbonyl (C=O) groups excluding carboxylic acids is 2. The number of likely N-dealkylation sites (tertiary alicyclic amines) is 1. The predicted molar refractivity (Wildman–Crippen MR) is 205 cm³/mol. The summed E-state index contributed by atoms with van der Waals surface area (Å²) >= 11 is 0. The number of aliphatic imine (C=N–C) groups is 1. The van der Waals surface area contributed by atoms with Gasteiger partial charge in [0.25, 0.3) is 5.56 Å². The number of hydrogen-bond acceptors (Lipinski definition) is 7. The largest absolute Gasteiger partial charge is 0.677 e. The molecule has 12 nitrogen and oxygen atoms in total. The van der Waals surface area contributed by atoms with E-state index in [9.17, 15) is 27.8 Å². The molecule has 7 rings (SSSR count). The van der Waals surface area contributed by atoms with Gasteiger partial charge in [0, 0.05) is 42.0 Å². The van der Waals surface area contributed by atoms with E-state index in [1.54, 1.807) is 55.8 Å². The van der Waals surface area contributed by atoms with Gasteiger partial charge >= 0.3 is 13.1 Å². The van der Waals surface area contributed by atoms with Crippen LogP contribution < -0.4 is 16.6 Å². The highest BCUT2D eigenvalue weighted by molar-refractivity contribution is 6.41. The molecule has 2 aromatic carbocycles. The molecule has 2 amide bonds. The third-order valence-corrected chi connectivity index (χ3v) is 10.4. The van der Waals surface area contributed by atoms with E-state index in [2.05, 4.69) is 20.3 Å². The number of aryl methyl sites for hydroxylation is 5. The first kappa shape index (κ1) is 36.4. The Hall–Kier alpha value is -5.99. The number of halogens is 2. The molecule has 4 aliphatic rings. The highest BCUT2D eigenvalue weighted by atomic mass is 19.2. The third-order valence-electron chi connectivity index (χ3n) is 10.4. The maximum atomic E-state index is 14.4. The van der Waals surface area contributed by atoms with Crippen LogP contribution in [0.25, 0.3) is 28.1 Å². The SMILES string of the molecule is CC1=CC(C)=N/C1=C(/c1ccc(NC(=O)[C@@H]2CCCN2C(=O)Cn2c(=O)nc3n(C)c4cc(C)c(C)cc4nc-3c2=O)cc1)c1c(C)cc(C)n1B(F)F. The molecule has 1 atom stereocenters. The molecule has 1 aromatic heterocycles. The minimum atomic E-state index is -2.76. The second-order valence-corrected chi connectivity index (χ2v) is 14.1. The molecule has 0 spiro atoms. The highest BCUT2D eigenvalue weighted by Gasteiger charge is 2.35. The number of rotatable bonds is 7. The van der Waals surface area contributed by atoms with E-state index in [0.29, 0.717) is 63.3 Å². The molecule has 5 heterocycles. The van der Waals surface area contributed by atoms with Gasteiger partial charge in [-0.1, -0.05) is 12.1 Å². The molecule has 1 N–H and O–H groups in total. The van der Waals surface area contributed by atoms with Crippen molar-refractivity contribution in [3.05, 3.63) is 114 Å². The number of nitrogens with zero attached hydrogens (tertiary/aromatic N) is 7. The average Bonchev–Trinajstić information content (AvgIpc) is 3.82. The number of amides is 2. The Balaban J connectivity index is 1.13. The fraction of sp³-hybridized carbons (Fsp3) is 0.308. The number of carbonyl (C=O) groups is 2. The molecule has 0 unspecified atom stereocenters. The molecule has 54 heavy (non-hydrogen) atoms. The fourth-order valence-corrected chi connectivity index (χ4v) is 7.58. The van der Waals surface area contributed by atoms with Gasteiger partial charge in [-0.05, 0) is 119 Å². The molecule has 0 radical (unpaired) electrons. The zero-order valence-electron chi connectivity index (χ0n) is 31.1. The first-order valence-electron chi connectivity index (χ1n) is 17.7. The highest BCUT2D eigenvalue weighted by Crippen LogP contribution is 2.37. The maximum Gasteiger partial charge on any atom is 0.677 e. The van der Waals surface area contributed by atoms with Gasteiger partial charge in [0.2, 0.25) is 11.8 Å². The van der Waals surface area contributed by atoms with Crippen molar-refractivity contribution in [1.82, 2.24) is 28.5 Å². The molecule has 1 fully saturated rings. The van der Waals surface area contributed by atoms with Gasteiger partial charge in [-0.3, -0.25) is 28.0 Å². The number of aromatic nitrogens is 5. The first-order chi connectivity index (χ1) is 25.6. The van der Waals surface area contributed by atoms with Crippen LogP contribution in [0.3, 0.4) is 0 Å². The van der Waals surface area contributed by atoms with E-state index in [0.717, 1.165) is 31.5 Å². The van der Waals surface area contributed by atoms with Crippen LogP contribution in [0, 0.1) is 27.7 Å². The minimum absolute atomic E-state index is 0.0348. The Kier molecular flexibility index (Phi) is 9.28. The number of hydrogen-bond donors (Lipinski definition) is 1. The molecule has 0 aliphatic carbocycles. The summed E-state index contributed by atoms with van der Waals surface area (Å²) in [6, 6.07) is 11.5. The van der Waals surface area contributed by atoms with Crippen LogP contribution in [0.4, 0.5) is 14.3 Å². The Morgan fingerprint density at radius 2 is 1.65 bits per heavy atom. The van der Waals surface area contributed by atoms with Crippen molar-refractivity contribution in [2.45, 2.75) is 67.0 Å². The molecule has 276 valence electrons. The topological polar surface area (TPSA) is 136 Å². The van der Waals surface area contributed by atoms with Crippen LogP contribution in [0.2, 0.25) is 0 Å². The van der Waals surface area contributed by atoms with Crippen LogP contribution in [0.1, 0.15) is 60.3 Å². The summed E-state index contributed by atoms with van der Waals surface area (Å²) in [5, 5.41) is 2.88. The van der Waals surface area contributed by atoms with Crippen LogP contribution in [0.5, 0.6) is 0 Å². The van der Waals surface area contributed by atoms with E-state index in [-0.39, 0.29) is 18.1 Å². The summed E-state index contributed by atoms with van der Waals surface area (Å²) in [5.41, 5.74) is 6.93. The van der Waals surface area contributed by atoms with Crippen molar-refractivity contribution in [3.63, 3.8) is 0 Å². The zero-order chi connectivity index (χ0) is 38.7. The summed E-state index contributed by atoms with van der Waals surface area (Å²) in [5.74, 6) is -0.889. The van der Waals surface area contributed by atoms with Crippen LogP contribution in [-0.4, -0.2) is 66.0 Å². The minimum Gasteiger partial charge on any atom is -0.329 e. The molecule has 4 aliphatic heterocycles. The molecule has 1 saturated heterocycles. The number of benzene rings is 2. The lowest BCUT2D eigenvalue weighted by atomic mass is 9.94. The quantitative estimate of drug-likeness (QED) is 0.180. The lowest BCUT2D eigenvalue weighted by Gasteiger charge is -2.24. The van der Waals surface area contributed by atoms with Crippen molar-refractivity contribution in [3.8, 4) is 11.5 Å². The third kappa shape index (κ3) is 6.26. The van der Waals surface area contributed by atoms with E-state index < -0.39 is 43.1 Å². The second kappa shape index (κ2) is 13.8. The Bertz CT molecular complexity index is 2580. The Morgan fingerprint density at radius 3 is 2.31 bits per heavy atom. The van der Waals surface area contributed by atoms with E-state index in [4.69, 9.17) is 0 Å². The summed E-state index contributed by atoms with van der Waals surface area (Å²) in [6.45, 7) is 10.7. The smallest absolute Gasteiger partial charge is 0.329 e. The Labute approximate surface area is 310 Å². The van der Waals surface area contributed by atoms with Crippen molar-refractivity contribution in [2.75, 3.05) is 11.9 Å². The van der Waals surface area contributed by atoms with Gasteiger partial charge in [-0.25, -0.2) is 14.3 Å². The number of allylic oxidation sites excluding steroid dienone is 2. The number of anilines is 1. The van der Waals surface area contributed by atoms with Crippen molar-refractivity contribution in [1.29, 1.82) is 0 Å². The van der Waals surface area contributed by atoms with E-state index >= 15 is 0 Å². The van der Waals surface area contributed by atoms with Crippen molar-refractivity contribution in [2.24, 2.45) is 12.0 Å². The van der Waals surface area contributed by atoms with E-state index in [1.807, 2.05) is 45.9 Å².